The highest BCUT2D eigenvalue weighted by Gasteiger charge is 2.75. The summed E-state index contributed by atoms with van der Waals surface area (Å²) in [5.74, 6) is -0.739. The summed E-state index contributed by atoms with van der Waals surface area (Å²) < 4.78 is 0. The third-order valence-electron chi connectivity index (χ3n) is 9.19. The summed E-state index contributed by atoms with van der Waals surface area (Å²) in [5.41, 5.74) is 3.43. The maximum Gasteiger partial charge on any atom is 0.260 e. The Morgan fingerprint density at radius 2 is 1.28 bits per heavy atom. The molecule has 2 amide bonds. The molecule has 5 heteroatoms. The number of hydrogen-bond donors (Lipinski definition) is 0. The van der Waals surface area contributed by atoms with Crippen molar-refractivity contribution in [2.24, 2.45) is 10.5 Å². The summed E-state index contributed by atoms with van der Waals surface area (Å²) in [6.07, 6.45) is 0.512. The van der Waals surface area contributed by atoms with E-state index in [4.69, 9.17) is 5.10 Å². The number of amides is 2. The maximum atomic E-state index is 15.0. The molecule has 4 atom stereocenters. The molecule has 3 aliphatic rings. The summed E-state index contributed by atoms with van der Waals surface area (Å²) in [6.45, 7) is 1.97. The van der Waals surface area contributed by atoms with Gasteiger partial charge in [-0.05, 0) is 48.2 Å². The lowest BCUT2D eigenvalue weighted by Crippen LogP contribution is -2.50. The first-order valence-electron chi connectivity index (χ1n) is 13.4. The third kappa shape index (κ3) is 2.98. The van der Waals surface area contributed by atoms with Gasteiger partial charge in [0.2, 0.25) is 5.91 Å². The summed E-state index contributed by atoms with van der Waals surface area (Å²) in [6, 6.07) is 38.0. The molecule has 192 valence electrons. The number of carbonyl (C=O) groups excluding carboxylic acids is 2. The minimum atomic E-state index is -1.05. The summed E-state index contributed by atoms with van der Waals surface area (Å²) in [4.78, 5) is 31.4. The summed E-state index contributed by atoms with van der Waals surface area (Å²) in [5, 5.41) is 6.52. The first kappa shape index (κ1) is 23.6. The molecule has 4 aromatic carbocycles. The number of hydrogen-bond acceptors (Lipinski definition) is 3. The number of carbonyl (C=O) groups is 2. The molecular weight excluding hydrogens is 482 g/mol. The number of likely N-dealkylation sites (N-methyl/N-ethyl adjacent to an activating group) is 1. The van der Waals surface area contributed by atoms with Crippen LogP contribution in [0.15, 0.2) is 120 Å². The van der Waals surface area contributed by atoms with Gasteiger partial charge in [0.15, 0.2) is 0 Å². The molecule has 0 unspecified atom stereocenters. The molecule has 0 radical (unpaired) electrons. The average molecular weight is 512 g/mol. The average Bonchev–Trinajstić information content (AvgIpc) is 3.54. The topological polar surface area (TPSA) is 53.0 Å². The van der Waals surface area contributed by atoms with Crippen molar-refractivity contribution in [2.45, 2.75) is 30.6 Å². The van der Waals surface area contributed by atoms with Crippen LogP contribution in [0.2, 0.25) is 0 Å². The number of nitrogens with zero attached hydrogens (tertiary/aromatic N) is 3. The van der Waals surface area contributed by atoms with Crippen molar-refractivity contribution in [3.63, 3.8) is 0 Å². The van der Waals surface area contributed by atoms with E-state index in [1.165, 1.54) is 0 Å². The Morgan fingerprint density at radius 1 is 0.718 bits per heavy atom. The van der Waals surface area contributed by atoms with Crippen LogP contribution in [-0.2, 0) is 15.0 Å². The van der Waals surface area contributed by atoms with E-state index in [1.807, 2.05) is 98.9 Å². The molecule has 0 saturated heterocycles. The Balaban J connectivity index is 1.56. The van der Waals surface area contributed by atoms with Crippen molar-refractivity contribution >= 4 is 28.9 Å². The number of para-hydroxylation sites is 2. The predicted octanol–water partition coefficient (Wildman–Crippen LogP) is 6.28. The van der Waals surface area contributed by atoms with Gasteiger partial charge in [0.1, 0.15) is 5.41 Å². The quantitative estimate of drug-likeness (QED) is 0.325. The van der Waals surface area contributed by atoms with E-state index in [-0.39, 0.29) is 17.7 Å². The van der Waals surface area contributed by atoms with Crippen molar-refractivity contribution in [2.75, 3.05) is 17.0 Å². The fourth-order valence-electron chi connectivity index (χ4n) is 7.68. The molecule has 1 aliphatic carbocycles. The maximum absolute atomic E-state index is 15.0. The zero-order chi connectivity index (χ0) is 26.8. The van der Waals surface area contributed by atoms with E-state index in [2.05, 4.69) is 30.3 Å². The second-order valence-corrected chi connectivity index (χ2v) is 10.9. The highest BCUT2D eigenvalue weighted by molar-refractivity contribution is 6.22. The van der Waals surface area contributed by atoms with E-state index < -0.39 is 16.7 Å². The van der Waals surface area contributed by atoms with Gasteiger partial charge in [-0.3, -0.25) is 9.59 Å². The van der Waals surface area contributed by atoms with Crippen molar-refractivity contribution in [1.29, 1.82) is 0 Å². The molecule has 1 fully saturated rings. The molecule has 5 nitrogen and oxygen atoms in total. The van der Waals surface area contributed by atoms with E-state index in [9.17, 15) is 4.79 Å². The standard InChI is InChI=1S/C34H29N3O2/c1-23-34(32(39)37(35-23)26-18-10-5-11-19-26)28(24-14-6-3-7-15-24)22-33(30(34)25-16-8-4-9-17-25)27-20-12-13-21-29(27)36(2)31(33)38/h3-21,28,30H,22H2,1-2H3/t28-,30+,33-,34-/m1/s1. The van der Waals surface area contributed by atoms with Crippen LogP contribution in [0.4, 0.5) is 11.4 Å². The molecule has 2 spiro atoms. The normalized spacial score (nSPS) is 27.5. The zero-order valence-electron chi connectivity index (χ0n) is 22.0. The molecule has 2 heterocycles. The first-order chi connectivity index (χ1) is 19.0. The Labute approximate surface area is 228 Å². The van der Waals surface area contributed by atoms with E-state index in [0.717, 1.165) is 33.8 Å². The number of rotatable bonds is 3. The fraction of sp³-hybridized carbons (Fsp3) is 0.206. The summed E-state index contributed by atoms with van der Waals surface area (Å²) in [7, 11) is 1.86. The van der Waals surface area contributed by atoms with Crippen LogP contribution in [0.3, 0.4) is 0 Å². The SMILES string of the molecule is CC1=NN(c2ccccc2)C(=O)[C@@]12[C@@H](c1ccccc1)C[C@]1(C(=O)N(C)c3ccccc31)[C@@H]2c1ccccc1. The minimum absolute atomic E-state index is 0.0362. The number of fused-ring (bicyclic) bond motifs is 2. The van der Waals surface area contributed by atoms with E-state index in [1.54, 1.807) is 9.91 Å². The van der Waals surface area contributed by atoms with Gasteiger partial charge in [-0.25, -0.2) is 0 Å². The Morgan fingerprint density at radius 3 is 1.95 bits per heavy atom. The van der Waals surface area contributed by atoms with Crippen LogP contribution in [0, 0.1) is 5.41 Å². The molecule has 0 bridgehead atoms. The lowest BCUT2D eigenvalue weighted by Gasteiger charge is -2.39. The lowest BCUT2D eigenvalue weighted by atomic mass is 9.60. The highest BCUT2D eigenvalue weighted by atomic mass is 16.2. The fourth-order valence-corrected chi connectivity index (χ4v) is 7.68. The van der Waals surface area contributed by atoms with Gasteiger partial charge in [-0.15, -0.1) is 0 Å². The lowest BCUT2D eigenvalue weighted by molar-refractivity contribution is -0.126. The van der Waals surface area contributed by atoms with E-state index in [0.29, 0.717) is 6.42 Å². The van der Waals surface area contributed by atoms with Gasteiger partial charge in [-0.1, -0.05) is 97.1 Å². The Bertz CT molecular complexity index is 1620. The first-order valence-corrected chi connectivity index (χ1v) is 13.4. The Hall–Kier alpha value is -4.51. The van der Waals surface area contributed by atoms with Crippen LogP contribution < -0.4 is 9.91 Å². The van der Waals surface area contributed by atoms with Crippen LogP contribution in [0.1, 0.15) is 41.9 Å². The van der Waals surface area contributed by atoms with Crippen LogP contribution in [0.5, 0.6) is 0 Å². The van der Waals surface area contributed by atoms with Gasteiger partial charge in [0, 0.05) is 24.6 Å². The highest BCUT2D eigenvalue weighted by Crippen LogP contribution is 2.71. The molecule has 0 N–H and O–H groups in total. The Kier molecular flexibility index (Phi) is 5.14. The monoisotopic (exact) mass is 511 g/mol. The molecule has 7 rings (SSSR count). The second-order valence-electron chi connectivity index (χ2n) is 10.9. The van der Waals surface area contributed by atoms with Crippen molar-refractivity contribution in [3.8, 4) is 0 Å². The summed E-state index contributed by atoms with van der Waals surface area (Å²) >= 11 is 0. The second kappa shape index (κ2) is 8.50. The van der Waals surface area contributed by atoms with Crippen molar-refractivity contribution in [3.05, 3.63) is 132 Å². The van der Waals surface area contributed by atoms with Crippen molar-refractivity contribution in [1.82, 2.24) is 0 Å². The van der Waals surface area contributed by atoms with Crippen molar-refractivity contribution < 1.29 is 9.59 Å². The van der Waals surface area contributed by atoms with Gasteiger partial charge < -0.3 is 4.90 Å². The molecule has 4 aromatic rings. The molecule has 2 aliphatic heterocycles. The van der Waals surface area contributed by atoms with Gasteiger partial charge in [0.25, 0.3) is 5.91 Å². The van der Waals surface area contributed by atoms with Crippen LogP contribution >= 0.6 is 0 Å². The van der Waals surface area contributed by atoms with Gasteiger partial charge in [-0.2, -0.15) is 10.1 Å². The zero-order valence-corrected chi connectivity index (χ0v) is 22.0. The van der Waals surface area contributed by atoms with Crippen LogP contribution in [0.25, 0.3) is 0 Å². The van der Waals surface area contributed by atoms with Gasteiger partial charge >= 0.3 is 0 Å². The minimum Gasteiger partial charge on any atom is -0.314 e. The number of hydrazone groups is 1. The van der Waals surface area contributed by atoms with Gasteiger partial charge in [0.05, 0.1) is 16.8 Å². The number of benzene rings is 4. The number of anilines is 2. The third-order valence-corrected chi connectivity index (χ3v) is 9.19. The predicted molar refractivity (Wildman–Crippen MR) is 154 cm³/mol. The van der Waals surface area contributed by atoms with E-state index >= 15 is 4.79 Å². The smallest absolute Gasteiger partial charge is 0.260 e. The molecular formula is C34H29N3O2. The van der Waals surface area contributed by atoms with Crippen LogP contribution in [-0.4, -0.2) is 24.6 Å². The molecule has 0 aromatic heterocycles. The molecule has 39 heavy (non-hydrogen) atoms. The molecule has 1 saturated carbocycles. The largest absolute Gasteiger partial charge is 0.314 e.